The summed E-state index contributed by atoms with van der Waals surface area (Å²) in [6, 6.07) is 10.9. The molecule has 2 aromatic heterocycles. The fraction of sp³-hybridized carbons (Fsp3) is 0.235. The van der Waals surface area contributed by atoms with Crippen molar-refractivity contribution < 1.29 is 0 Å². The first-order valence-electron chi connectivity index (χ1n) is 7.23. The van der Waals surface area contributed by atoms with Crippen molar-refractivity contribution in [1.82, 2.24) is 14.8 Å². The molecule has 0 spiro atoms. The van der Waals surface area contributed by atoms with E-state index in [0.29, 0.717) is 21.7 Å². The fourth-order valence-electron chi connectivity index (χ4n) is 2.48. The van der Waals surface area contributed by atoms with Crippen LogP contribution in [0.1, 0.15) is 25.2 Å². The quantitative estimate of drug-likeness (QED) is 0.685. The highest BCUT2D eigenvalue weighted by atomic mass is 35.5. The summed E-state index contributed by atoms with van der Waals surface area (Å²) in [6.07, 6.45) is 0.774. The van der Waals surface area contributed by atoms with Gasteiger partial charge in [-0.25, -0.2) is 9.67 Å². The normalized spacial score (nSPS) is 11.1. The average molecular weight is 345 g/mol. The Bertz CT molecular complexity index is 922. The predicted octanol–water partition coefficient (Wildman–Crippen LogP) is 4.80. The monoisotopic (exact) mass is 344 g/mol. The smallest absolute Gasteiger partial charge is 0.141 e. The molecule has 0 N–H and O–H groups in total. The third-order valence-corrected chi connectivity index (χ3v) is 3.99. The number of benzene rings is 1. The van der Waals surface area contributed by atoms with Crippen molar-refractivity contribution in [2.24, 2.45) is 5.92 Å². The maximum Gasteiger partial charge on any atom is 0.141 e. The van der Waals surface area contributed by atoms with Gasteiger partial charge in [0.05, 0.1) is 21.9 Å². The number of pyridine rings is 1. The topological polar surface area (TPSA) is 54.5 Å². The molecule has 0 aliphatic heterocycles. The average Bonchev–Trinajstić information content (AvgIpc) is 2.84. The minimum Gasteiger partial charge on any atom is -0.233 e. The Kier molecular flexibility index (Phi) is 4.25. The van der Waals surface area contributed by atoms with Crippen LogP contribution >= 0.6 is 23.2 Å². The maximum atomic E-state index is 9.09. The molecule has 6 heteroatoms. The molecule has 1 aromatic carbocycles. The number of fused-ring (bicyclic) bond motifs is 1. The lowest BCUT2D eigenvalue weighted by atomic mass is 10.1. The van der Waals surface area contributed by atoms with Crippen LogP contribution in [0.3, 0.4) is 0 Å². The van der Waals surface area contributed by atoms with Crippen molar-refractivity contribution in [2.75, 3.05) is 0 Å². The number of rotatable bonds is 3. The molecule has 0 bridgehead atoms. The van der Waals surface area contributed by atoms with Crippen LogP contribution < -0.4 is 0 Å². The van der Waals surface area contributed by atoms with E-state index < -0.39 is 0 Å². The summed E-state index contributed by atoms with van der Waals surface area (Å²) >= 11 is 12.3. The first kappa shape index (κ1) is 15.8. The number of hydrogen-bond donors (Lipinski definition) is 0. The van der Waals surface area contributed by atoms with E-state index in [2.05, 4.69) is 30.0 Å². The Labute approximate surface area is 144 Å². The molecule has 0 saturated carbocycles. The van der Waals surface area contributed by atoms with Crippen molar-refractivity contribution in [3.05, 3.63) is 51.8 Å². The van der Waals surface area contributed by atoms with E-state index in [1.807, 2.05) is 12.1 Å². The number of nitrogens with zero attached hydrogens (tertiary/aromatic N) is 4. The summed E-state index contributed by atoms with van der Waals surface area (Å²) in [5.74, 6) is 0.426. The van der Waals surface area contributed by atoms with E-state index in [0.717, 1.165) is 28.8 Å². The second-order valence-corrected chi connectivity index (χ2v) is 6.57. The Hall–Kier alpha value is -2.09. The van der Waals surface area contributed by atoms with E-state index >= 15 is 0 Å². The molecule has 0 aliphatic carbocycles. The lowest BCUT2D eigenvalue weighted by molar-refractivity contribution is 0.630. The van der Waals surface area contributed by atoms with E-state index in [9.17, 15) is 0 Å². The summed E-state index contributed by atoms with van der Waals surface area (Å²) < 4.78 is 1.76. The molecule has 0 saturated heterocycles. The molecule has 116 valence electrons. The van der Waals surface area contributed by atoms with Gasteiger partial charge >= 0.3 is 0 Å². The van der Waals surface area contributed by atoms with Crippen molar-refractivity contribution in [2.45, 2.75) is 20.3 Å². The maximum absolute atomic E-state index is 9.09. The zero-order valence-corrected chi connectivity index (χ0v) is 14.2. The van der Waals surface area contributed by atoms with Gasteiger partial charge in [0, 0.05) is 5.02 Å². The van der Waals surface area contributed by atoms with Crippen LogP contribution in [-0.2, 0) is 6.42 Å². The van der Waals surface area contributed by atoms with E-state index in [1.54, 1.807) is 22.9 Å². The van der Waals surface area contributed by atoms with Crippen molar-refractivity contribution in [3.63, 3.8) is 0 Å². The first-order chi connectivity index (χ1) is 11.0. The lowest BCUT2D eigenvalue weighted by Gasteiger charge is -2.06. The second-order valence-electron chi connectivity index (χ2n) is 5.73. The number of halogens is 2. The van der Waals surface area contributed by atoms with Gasteiger partial charge in [0.15, 0.2) is 0 Å². The predicted molar refractivity (Wildman–Crippen MR) is 92.1 cm³/mol. The van der Waals surface area contributed by atoms with Gasteiger partial charge in [0.1, 0.15) is 17.3 Å². The summed E-state index contributed by atoms with van der Waals surface area (Å²) in [7, 11) is 0. The highest BCUT2D eigenvalue weighted by Gasteiger charge is 2.16. The van der Waals surface area contributed by atoms with Gasteiger partial charge < -0.3 is 0 Å². The van der Waals surface area contributed by atoms with Gasteiger partial charge in [-0.05, 0) is 42.7 Å². The Morgan fingerprint density at radius 2 is 2.00 bits per heavy atom. The van der Waals surface area contributed by atoms with Crippen LogP contribution in [0.2, 0.25) is 10.0 Å². The van der Waals surface area contributed by atoms with E-state index in [4.69, 9.17) is 28.5 Å². The summed E-state index contributed by atoms with van der Waals surface area (Å²) in [6.45, 7) is 4.24. The van der Waals surface area contributed by atoms with Gasteiger partial charge in [-0.15, -0.1) is 0 Å². The zero-order valence-electron chi connectivity index (χ0n) is 12.7. The number of aromatic nitrogens is 3. The minimum atomic E-state index is 0.379. The van der Waals surface area contributed by atoms with Crippen LogP contribution in [0.15, 0.2) is 30.3 Å². The van der Waals surface area contributed by atoms with Crippen LogP contribution in [0, 0.1) is 17.2 Å². The SMILES string of the molecule is CC(C)Cc1nn(-c2ccc(Cl)cc2Cl)c2ccc(C#N)nc12. The van der Waals surface area contributed by atoms with Gasteiger partial charge in [0.25, 0.3) is 0 Å². The molecular formula is C17H14Cl2N4. The number of hydrogen-bond acceptors (Lipinski definition) is 3. The van der Waals surface area contributed by atoms with Crippen molar-refractivity contribution in [1.29, 1.82) is 5.26 Å². The van der Waals surface area contributed by atoms with Gasteiger partial charge in [-0.1, -0.05) is 37.0 Å². The van der Waals surface area contributed by atoms with Gasteiger partial charge in [0.2, 0.25) is 0 Å². The van der Waals surface area contributed by atoms with Crippen molar-refractivity contribution in [3.8, 4) is 11.8 Å². The van der Waals surface area contributed by atoms with Crippen LogP contribution in [0.5, 0.6) is 0 Å². The molecule has 0 amide bonds. The van der Waals surface area contributed by atoms with Crippen molar-refractivity contribution >= 4 is 34.2 Å². The van der Waals surface area contributed by atoms with Crippen LogP contribution in [0.25, 0.3) is 16.7 Å². The van der Waals surface area contributed by atoms with Gasteiger partial charge in [-0.2, -0.15) is 10.4 Å². The third kappa shape index (κ3) is 3.03. The van der Waals surface area contributed by atoms with E-state index in [1.165, 1.54) is 0 Å². The molecular weight excluding hydrogens is 331 g/mol. The molecule has 2 heterocycles. The molecule has 23 heavy (non-hydrogen) atoms. The Balaban J connectivity index is 2.27. The first-order valence-corrected chi connectivity index (χ1v) is 7.99. The van der Waals surface area contributed by atoms with E-state index in [-0.39, 0.29) is 0 Å². The van der Waals surface area contributed by atoms with Crippen LogP contribution in [0.4, 0.5) is 0 Å². The molecule has 0 aliphatic rings. The Morgan fingerprint density at radius 1 is 1.22 bits per heavy atom. The number of nitriles is 1. The largest absolute Gasteiger partial charge is 0.233 e. The standard InChI is InChI=1S/C17H14Cl2N4/c1-10(2)7-14-17-16(6-4-12(9-20)21-17)23(22-14)15-5-3-11(18)8-13(15)19/h3-6,8,10H,7H2,1-2H3. The fourth-order valence-corrected chi connectivity index (χ4v) is 2.97. The molecule has 3 aromatic rings. The summed E-state index contributed by atoms with van der Waals surface area (Å²) in [4.78, 5) is 4.43. The second kappa shape index (κ2) is 6.19. The minimum absolute atomic E-state index is 0.379. The molecule has 0 atom stereocenters. The summed E-state index contributed by atoms with van der Waals surface area (Å²) in [5.41, 5.74) is 3.54. The third-order valence-electron chi connectivity index (χ3n) is 3.45. The zero-order chi connectivity index (χ0) is 16.6. The Morgan fingerprint density at radius 3 is 2.65 bits per heavy atom. The highest BCUT2D eigenvalue weighted by molar-refractivity contribution is 6.35. The molecule has 4 nitrogen and oxygen atoms in total. The highest BCUT2D eigenvalue weighted by Crippen LogP contribution is 2.28. The molecule has 0 fully saturated rings. The molecule has 0 radical (unpaired) electrons. The van der Waals surface area contributed by atoms with Gasteiger partial charge in [-0.3, -0.25) is 0 Å². The lowest BCUT2D eigenvalue weighted by Crippen LogP contribution is -2.00. The summed E-state index contributed by atoms with van der Waals surface area (Å²) in [5, 5.41) is 14.9. The molecule has 3 rings (SSSR count). The molecule has 0 unspecified atom stereocenters. The van der Waals surface area contributed by atoms with Crippen LogP contribution in [-0.4, -0.2) is 14.8 Å².